The van der Waals surface area contributed by atoms with Crippen LogP contribution in [0.15, 0.2) is 0 Å². The highest BCUT2D eigenvalue weighted by Crippen LogP contribution is 2.20. The Balaban J connectivity index is 4.31. The molecule has 0 bridgehead atoms. The van der Waals surface area contributed by atoms with Crippen molar-refractivity contribution in [1.82, 2.24) is 0 Å². The molecule has 0 aromatic rings. The highest BCUT2D eigenvalue weighted by Gasteiger charge is 2.18. The molecule has 0 aliphatic carbocycles. The lowest BCUT2D eigenvalue weighted by molar-refractivity contribution is -0.161. The van der Waals surface area contributed by atoms with Gasteiger partial charge in [-0.15, -0.1) is 0 Å². The van der Waals surface area contributed by atoms with E-state index in [1.165, 1.54) is 128 Å². The second kappa shape index (κ2) is 44.9. The van der Waals surface area contributed by atoms with Crippen LogP contribution in [0, 0.1) is 0 Å². The standard InChI is InChI=1S/C51H96O9/c1-5-9-13-17-21-27-35-45(36-28-22-18-14-10-6-2)58-49(54)40-31-25-26-32-41-51(56)60-47(43-52)44-57-48(53)39-33-34-42-50(55)59-46(37-29-23-19-15-11-7-3)38-30-24-20-16-12-8-4/h45-47,52H,5-44H2,1-4H3/t47-/m1/s1. The molecule has 0 radical (unpaired) electrons. The summed E-state index contributed by atoms with van der Waals surface area (Å²) in [5.41, 5.74) is 0. The summed E-state index contributed by atoms with van der Waals surface area (Å²) in [6.45, 7) is 8.27. The fourth-order valence-corrected chi connectivity index (χ4v) is 7.68. The smallest absolute Gasteiger partial charge is 0.306 e. The summed E-state index contributed by atoms with van der Waals surface area (Å²) < 4.78 is 22.5. The van der Waals surface area contributed by atoms with Crippen molar-refractivity contribution >= 4 is 23.9 Å². The van der Waals surface area contributed by atoms with Gasteiger partial charge in [0.05, 0.1) is 6.61 Å². The minimum atomic E-state index is -0.915. The summed E-state index contributed by atoms with van der Waals surface area (Å²) in [7, 11) is 0. The summed E-state index contributed by atoms with van der Waals surface area (Å²) >= 11 is 0. The predicted molar refractivity (Wildman–Crippen MR) is 246 cm³/mol. The first-order chi connectivity index (χ1) is 29.3. The van der Waals surface area contributed by atoms with Gasteiger partial charge in [0.15, 0.2) is 6.10 Å². The minimum Gasteiger partial charge on any atom is -0.462 e. The van der Waals surface area contributed by atoms with Gasteiger partial charge >= 0.3 is 23.9 Å². The molecule has 0 aromatic carbocycles. The number of carbonyl (C=O) groups is 4. The van der Waals surface area contributed by atoms with Gasteiger partial charge in [0.25, 0.3) is 0 Å². The molecule has 0 aliphatic rings. The number of carbonyl (C=O) groups excluding carboxylic acids is 4. The van der Waals surface area contributed by atoms with E-state index in [4.69, 9.17) is 18.9 Å². The van der Waals surface area contributed by atoms with E-state index in [1.807, 2.05) is 0 Å². The highest BCUT2D eigenvalue weighted by atomic mass is 16.6. The lowest BCUT2D eigenvalue weighted by atomic mass is 10.0. The molecule has 0 amide bonds. The van der Waals surface area contributed by atoms with Crippen LogP contribution in [0.1, 0.15) is 272 Å². The van der Waals surface area contributed by atoms with Crippen LogP contribution in [-0.4, -0.2) is 60.5 Å². The number of esters is 4. The molecule has 0 aliphatic heterocycles. The van der Waals surface area contributed by atoms with Gasteiger partial charge in [-0.3, -0.25) is 19.2 Å². The number of aliphatic hydroxyl groups excluding tert-OH is 1. The molecular weight excluding hydrogens is 757 g/mol. The monoisotopic (exact) mass is 853 g/mol. The second-order valence-corrected chi connectivity index (χ2v) is 17.5. The van der Waals surface area contributed by atoms with Gasteiger partial charge in [-0.1, -0.05) is 169 Å². The molecule has 0 heterocycles. The van der Waals surface area contributed by atoms with E-state index in [0.29, 0.717) is 25.7 Å². The summed E-state index contributed by atoms with van der Waals surface area (Å²) in [6, 6.07) is 0. The van der Waals surface area contributed by atoms with Crippen molar-refractivity contribution < 1.29 is 43.2 Å². The average molecular weight is 853 g/mol. The molecule has 0 saturated heterocycles. The van der Waals surface area contributed by atoms with Gasteiger partial charge in [0.2, 0.25) is 0 Å². The number of hydrogen-bond acceptors (Lipinski definition) is 9. The molecule has 0 saturated carbocycles. The number of unbranched alkanes of at least 4 members (excludes halogenated alkanes) is 24. The highest BCUT2D eigenvalue weighted by molar-refractivity contribution is 5.71. The third-order valence-electron chi connectivity index (χ3n) is 11.6. The Morgan fingerprint density at radius 2 is 0.583 bits per heavy atom. The van der Waals surface area contributed by atoms with Crippen molar-refractivity contribution in [3.63, 3.8) is 0 Å². The molecule has 0 rings (SSSR count). The zero-order chi connectivity index (χ0) is 44.2. The summed E-state index contributed by atoms with van der Waals surface area (Å²) in [6.07, 6.45) is 37.2. The number of aliphatic hydroxyl groups is 1. The van der Waals surface area contributed by atoms with E-state index in [2.05, 4.69) is 27.7 Å². The lowest BCUT2D eigenvalue weighted by Crippen LogP contribution is -2.28. The third kappa shape index (κ3) is 39.9. The zero-order valence-corrected chi connectivity index (χ0v) is 39.7. The Morgan fingerprint density at radius 3 is 0.900 bits per heavy atom. The SMILES string of the molecule is CCCCCCCCC(CCCCCCCC)OC(=O)CCCCCCC(=O)O[C@H](CO)COC(=O)CCCCC(=O)OC(CCCCCCCC)CCCCCCCC. The van der Waals surface area contributed by atoms with E-state index >= 15 is 0 Å². The fourth-order valence-electron chi connectivity index (χ4n) is 7.68. The molecule has 0 spiro atoms. The molecule has 0 fully saturated rings. The molecule has 1 atom stereocenters. The first kappa shape index (κ1) is 57.8. The molecule has 0 unspecified atom stereocenters. The third-order valence-corrected chi connectivity index (χ3v) is 11.6. The van der Waals surface area contributed by atoms with E-state index in [1.54, 1.807) is 0 Å². The maximum Gasteiger partial charge on any atom is 0.306 e. The summed E-state index contributed by atoms with van der Waals surface area (Å²) in [5, 5.41) is 9.71. The average Bonchev–Trinajstić information content (AvgIpc) is 3.24. The van der Waals surface area contributed by atoms with Crippen LogP contribution in [0.25, 0.3) is 0 Å². The van der Waals surface area contributed by atoms with Crippen LogP contribution in [0.5, 0.6) is 0 Å². The zero-order valence-electron chi connectivity index (χ0n) is 39.7. The van der Waals surface area contributed by atoms with Crippen molar-refractivity contribution in [2.45, 2.75) is 290 Å². The summed E-state index contributed by atoms with van der Waals surface area (Å²) in [4.78, 5) is 50.1. The Labute approximate surface area is 369 Å². The molecular formula is C51H96O9. The fraction of sp³-hybridized carbons (Fsp3) is 0.922. The van der Waals surface area contributed by atoms with Gasteiger partial charge in [0.1, 0.15) is 18.8 Å². The van der Waals surface area contributed by atoms with E-state index < -0.39 is 24.6 Å². The topological polar surface area (TPSA) is 125 Å². The Hall–Kier alpha value is -2.16. The number of rotatable bonds is 46. The largest absolute Gasteiger partial charge is 0.462 e. The lowest BCUT2D eigenvalue weighted by Gasteiger charge is -2.18. The van der Waals surface area contributed by atoms with Gasteiger partial charge < -0.3 is 24.1 Å². The van der Waals surface area contributed by atoms with Crippen molar-refractivity contribution in [3.8, 4) is 0 Å². The second-order valence-electron chi connectivity index (χ2n) is 17.5. The van der Waals surface area contributed by atoms with E-state index in [-0.39, 0.29) is 50.0 Å². The number of ether oxygens (including phenoxy) is 4. The van der Waals surface area contributed by atoms with E-state index in [9.17, 15) is 24.3 Å². The molecule has 0 aromatic heterocycles. The Kier molecular flexibility index (Phi) is 43.3. The van der Waals surface area contributed by atoms with Crippen LogP contribution < -0.4 is 0 Å². The Bertz CT molecular complexity index is 954. The molecule has 60 heavy (non-hydrogen) atoms. The van der Waals surface area contributed by atoms with Crippen LogP contribution in [0.3, 0.4) is 0 Å². The van der Waals surface area contributed by atoms with Crippen molar-refractivity contribution in [2.75, 3.05) is 13.2 Å². The molecule has 9 nitrogen and oxygen atoms in total. The van der Waals surface area contributed by atoms with Crippen LogP contribution in [0.4, 0.5) is 0 Å². The van der Waals surface area contributed by atoms with Gasteiger partial charge in [-0.2, -0.15) is 0 Å². The molecule has 354 valence electrons. The maximum absolute atomic E-state index is 12.7. The van der Waals surface area contributed by atoms with E-state index in [0.717, 1.165) is 70.6 Å². The number of hydrogen-bond donors (Lipinski definition) is 1. The van der Waals surface area contributed by atoms with Crippen LogP contribution in [0.2, 0.25) is 0 Å². The minimum absolute atomic E-state index is 0.0226. The Morgan fingerprint density at radius 1 is 0.333 bits per heavy atom. The van der Waals surface area contributed by atoms with Crippen molar-refractivity contribution in [1.29, 1.82) is 0 Å². The van der Waals surface area contributed by atoms with Crippen molar-refractivity contribution in [3.05, 3.63) is 0 Å². The van der Waals surface area contributed by atoms with Crippen LogP contribution >= 0.6 is 0 Å². The van der Waals surface area contributed by atoms with Crippen LogP contribution in [-0.2, 0) is 38.1 Å². The van der Waals surface area contributed by atoms with Gasteiger partial charge in [-0.05, 0) is 77.0 Å². The maximum atomic E-state index is 12.7. The molecule has 9 heteroatoms. The first-order valence-electron chi connectivity index (χ1n) is 25.6. The first-order valence-corrected chi connectivity index (χ1v) is 25.6. The predicted octanol–water partition coefficient (Wildman–Crippen LogP) is 14.2. The van der Waals surface area contributed by atoms with Gasteiger partial charge in [-0.25, -0.2) is 0 Å². The summed E-state index contributed by atoms with van der Waals surface area (Å²) in [5.74, 6) is -1.19. The van der Waals surface area contributed by atoms with Crippen molar-refractivity contribution in [2.24, 2.45) is 0 Å². The molecule has 1 N–H and O–H groups in total. The normalized spacial score (nSPS) is 11.9. The quantitative estimate of drug-likeness (QED) is 0.0362. The van der Waals surface area contributed by atoms with Gasteiger partial charge in [0, 0.05) is 25.7 Å².